The molecule has 1 aromatic carbocycles. The van der Waals surface area contributed by atoms with Gasteiger partial charge in [-0.3, -0.25) is 0 Å². The lowest BCUT2D eigenvalue weighted by Crippen LogP contribution is -2.50. The van der Waals surface area contributed by atoms with Crippen LogP contribution in [0, 0.1) is 0 Å². The van der Waals surface area contributed by atoms with Crippen molar-refractivity contribution in [2.45, 2.75) is 63.5 Å². The highest BCUT2D eigenvalue weighted by Crippen LogP contribution is 2.35. The largest absolute Gasteiger partial charge is 0.486 e. The van der Waals surface area contributed by atoms with Crippen LogP contribution in [0.25, 0.3) is 0 Å². The number of urea groups is 1. The number of benzene rings is 1. The zero-order valence-corrected chi connectivity index (χ0v) is 18.8. The number of hydrogen-bond acceptors (Lipinski definition) is 6. The van der Waals surface area contributed by atoms with Crippen LogP contribution in [0.3, 0.4) is 0 Å². The molecule has 0 bridgehead atoms. The van der Waals surface area contributed by atoms with Gasteiger partial charge in [-0.1, -0.05) is 6.92 Å². The number of aromatic nitrogens is 2. The third-order valence-electron chi connectivity index (χ3n) is 5.95. The number of halogens is 3. The molecule has 1 aliphatic heterocycles. The first-order valence-corrected chi connectivity index (χ1v) is 11.4. The monoisotopic (exact) mass is 479 g/mol. The molecule has 2 fully saturated rings. The molecule has 0 atom stereocenters. The van der Waals surface area contributed by atoms with Gasteiger partial charge in [-0.2, -0.15) is 13.2 Å². The standard InChI is InChI=1S/C23H28F3N5O3/c1-2-15-10-21(29-13-28-15)34-17-6-4-16(5-7-17)30-22(32)31-19-9-14(23(24,25)26)3-8-20(19)33-18-11-27-12-18/h3,8-10,13,16-18,27H,2,4-7,11-12H2,1H3,(H2,30,31,32). The van der Waals surface area contributed by atoms with Crippen molar-refractivity contribution in [3.05, 3.63) is 41.9 Å². The van der Waals surface area contributed by atoms with Gasteiger partial charge in [0.25, 0.3) is 0 Å². The number of carbonyl (C=O) groups excluding carboxylic acids is 1. The Hall–Kier alpha value is -3.08. The molecule has 0 spiro atoms. The fraction of sp³-hybridized carbons (Fsp3) is 0.522. The smallest absolute Gasteiger partial charge is 0.416 e. The maximum atomic E-state index is 13.2. The molecule has 8 nitrogen and oxygen atoms in total. The minimum absolute atomic E-state index is 0.00765. The second kappa shape index (κ2) is 10.5. The number of hydrogen-bond donors (Lipinski definition) is 3. The van der Waals surface area contributed by atoms with E-state index >= 15 is 0 Å². The SMILES string of the molecule is CCc1cc(OC2CCC(NC(=O)Nc3cc(C(F)(F)F)ccc3OC3CNC3)CC2)ncn1. The highest BCUT2D eigenvalue weighted by molar-refractivity contribution is 5.91. The fourth-order valence-corrected chi connectivity index (χ4v) is 3.91. The van der Waals surface area contributed by atoms with E-state index in [2.05, 4.69) is 25.9 Å². The Bertz CT molecular complexity index is 992. The first kappa shape index (κ1) is 24.1. The summed E-state index contributed by atoms with van der Waals surface area (Å²) >= 11 is 0. The third kappa shape index (κ3) is 6.28. The molecular weight excluding hydrogens is 451 g/mol. The molecule has 1 aromatic heterocycles. The van der Waals surface area contributed by atoms with Crippen molar-refractivity contribution in [2.24, 2.45) is 0 Å². The number of ether oxygens (including phenoxy) is 2. The van der Waals surface area contributed by atoms with E-state index in [1.807, 2.05) is 13.0 Å². The molecular formula is C23H28F3N5O3. The molecule has 0 radical (unpaired) electrons. The highest BCUT2D eigenvalue weighted by atomic mass is 19.4. The quantitative estimate of drug-likeness (QED) is 0.557. The lowest BCUT2D eigenvalue weighted by atomic mass is 9.93. The average molecular weight is 480 g/mol. The van der Waals surface area contributed by atoms with Crippen LogP contribution >= 0.6 is 0 Å². The van der Waals surface area contributed by atoms with Crippen LogP contribution in [0.5, 0.6) is 11.6 Å². The van der Waals surface area contributed by atoms with Crippen molar-refractivity contribution in [1.82, 2.24) is 20.6 Å². The minimum Gasteiger partial charge on any atom is -0.486 e. The van der Waals surface area contributed by atoms with Crippen molar-refractivity contribution in [3.63, 3.8) is 0 Å². The van der Waals surface area contributed by atoms with Crippen molar-refractivity contribution in [1.29, 1.82) is 0 Å². The van der Waals surface area contributed by atoms with Crippen LogP contribution in [0.15, 0.2) is 30.6 Å². The van der Waals surface area contributed by atoms with Crippen molar-refractivity contribution < 1.29 is 27.4 Å². The first-order valence-electron chi connectivity index (χ1n) is 11.4. The summed E-state index contributed by atoms with van der Waals surface area (Å²) in [4.78, 5) is 20.9. The van der Waals surface area contributed by atoms with Gasteiger partial charge in [-0.15, -0.1) is 0 Å². The van der Waals surface area contributed by atoms with Crippen molar-refractivity contribution in [3.8, 4) is 11.6 Å². The van der Waals surface area contributed by atoms with E-state index < -0.39 is 17.8 Å². The molecule has 2 heterocycles. The van der Waals surface area contributed by atoms with Crippen LogP contribution in [0.1, 0.15) is 43.9 Å². The zero-order valence-electron chi connectivity index (χ0n) is 18.8. The van der Waals surface area contributed by atoms with Gasteiger partial charge < -0.3 is 25.4 Å². The van der Waals surface area contributed by atoms with Crippen molar-refractivity contribution >= 4 is 11.7 Å². The van der Waals surface area contributed by atoms with Gasteiger partial charge in [0.15, 0.2) is 0 Å². The summed E-state index contributed by atoms with van der Waals surface area (Å²) in [6, 6.07) is 4.25. The van der Waals surface area contributed by atoms with Crippen molar-refractivity contribution in [2.75, 3.05) is 18.4 Å². The van der Waals surface area contributed by atoms with Gasteiger partial charge in [-0.25, -0.2) is 14.8 Å². The number of amides is 2. The van der Waals surface area contributed by atoms with Gasteiger partial charge >= 0.3 is 12.2 Å². The molecule has 1 saturated heterocycles. The van der Waals surface area contributed by atoms with E-state index in [0.29, 0.717) is 31.8 Å². The number of carbonyl (C=O) groups is 1. The predicted molar refractivity (Wildman–Crippen MR) is 119 cm³/mol. The Morgan fingerprint density at radius 3 is 2.50 bits per heavy atom. The average Bonchev–Trinajstić information content (AvgIpc) is 2.77. The molecule has 1 aliphatic carbocycles. The van der Waals surface area contributed by atoms with E-state index in [-0.39, 0.29) is 29.7 Å². The van der Waals surface area contributed by atoms with E-state index in [4.69, 9.17) is 9.47 Å². The molecule has 2 amide bonds. The molecule has 34 heavy (non-hydrogen) atoms. The number of rotatable bonds is 7. The molecule has 0 unspecified atom stereocenters. The third-order valence-corrected chi connectivity index (χ3v) is 5.95. The molecule has 2 aliphatic rings. The van der Waals surface area contributed by atoms with Gasteiger partial charge in [0, 0.05) is 30.9 Å². The second-order valence-electron chi connectivity index (χ2n) is 8.50. The van der Waals surface area contributed by atoms with Gasteiger partial charge in [0.2, 0.25) is 5.88 Å². The van der Waals surface area contributed by atoms with E-state index in [0.717, 1.165) is 37.1 Å². The van der Waals surface area contributed by atoms with Crippen LogP contribution in [-0.2, 0) is 12.6 Å². The number of aryl methyl sites for hydroxylation is 1. The van der Waals surface area contributed by atoms with Gasteiger partial charge in [-0.05, 0) is 50.3 Å². The number of nitrogens with zero attached hydrogens (tertiary/aromatic N) is 2. The molecule has 184 valence electrons. The fourth-order valence-electron chi connectivity index (χ4n) is 3.91. The van der Waals surface area contributed by atoms with Crippen LogP contribution in [-0.4, -0.2) is 47.3 Å². The van der Waals surface area contributed by atoms with Crippen LogP contribution < -0.4 is 25.4 Å². The Balaban J connectivity index is 1.32. The highest BCUT2D eigenvalue weighted by Gasteiger charge is 2.32. The van der Waals surface area contributed by atoms with Gasteiger partial charge in [0.1, 0.15) is 24.3 Å². The number of nitrogens with one attached hydrogen (secondary N) is 3. The summed E-state index contributed by atoms with van der Waals surface area (Å²) in [5.41, 5.74) is 0.0470. The van der Waals surface area contributed by atoms with Crippen LogP contribution in [0.4, 0.5) is 23.7 Å². The molecule has 11 heteroatoms. The predicted octanol–water partition coefficient (Wildman–Crippen LogP) is 3.92. The number of anilines is 1. The lowest BCUT2D eigenvalue weighted by molar-refractivity contribution is -0.137. The molecule has 1 saturated carbocycles. The summed E-state index contributed by atoms with van der Waals surface area (Å²) in [6.45, 7) is 3.21. The summed E-state index contributed by atoms with van der Waals surface area (Å²) in [7, 11) is 0. The molecule has 2 aromatic rings. The van der Waals surface area contributed by atoms with E-state index in [1.165, 1.54) is 12.4 Å². The maximum Gasteiger partial charge on any atom is 0.416 e. The topological polar surface area (TPSA) is 97.4 Å². The number of alkyl halides is 3. The first-order chi connectivity index (χ1) is 16.3. The van der Waals surface area contributed by atoms with Crippen LogP contribution in [0.2, 0.25) is 0 Å². The maximum absolute atomic E-state index is 13.2. The Labute approximate surface area is 195 Å². The summed E-state index contributed by atoms with van der Waals surface area (Å²) in [6.07, 6.45) is 0.418. The minimum atomic E-state index is -4.52. The normalized spacial score (nSPS) is 20.8. The Kier molecular flexibility index (Phi) is 7.40. The molecule has 3 N–H and O–H groups in total. The Morgan fingerprint density at radius 1 is 1.09 bits per heavy atom. The van der Waals surface area contributed by atoms with E-state index in [9.17, 15) is 18.0 Å². The van der Waals surface area contributed by atoms with E-state index in [1.54, 1.807) is 0 Å². The zero-order chi connectivity index (χ0) is 24.1. The van der Waals surface area contributed by atoms with Gasteiger partial charge in [0.05, 0.1) is 11.3 Å². The summed E-state index contributed by atoms with van der Waals surface area (Å²) in [5.74, 6) is 0.753. The molecule has 4 rings (SSSR count). The lowest BCUT2D eigenvalue weighted by Gasteiger charge is -2.30. The Morgan fingerprint density at radius 2 is 1.85 bits per heavy atom. The second-order valence-corrected chi connectivity index (χ2v) is 8.50. The summed E-state index contributed by atoms with van der Waals surface area (Å²) in [5, 5.41) is 8.43. The summed E-state index contributed by atoms with van der Waals surface area (Å²) < 4.78 is 51.2.